The molecule has 0 saturated heterocycles. The van der Waals surface area contributed by atoms with E-state index in [-0.39, 0.29) is 5.11 Å². The second kappa shape index (κ2) is 5.28. The number of phenols is 1. The third-order valence-corrected chi connectivity index (χ3v) is 3.99. The van der Waals surface area contributed by atoms with E-state index in [4.69, 9.17) is 18.0 Å². The van der Waals surface area contributed by atoms with Crippen molar-refractivity contribution in [3.63, 3.8) is 0 Å². The van der Waals surface area contributed by atoms with Gasteiger partial charge in [0.05, 0.1) is 6.21 Å². The van der Waals surface area contributed by atoms with E-state index in [2.05, 4.69) is 15.4 Å². The summed E-state index contributed by atoms with van der Waals surface area (Å²) < 4.78 is 0. The molecule has 0 unspecified atom stereocenters. The summed E-state index contributed by atoms with van der Waals surface area (Å²) in [7, 11) is 0. The van der Waals surface area contributed by atoms with Crippen molar-refractivity contribution in [1.82, 2.24) is 5.43 Å². The first kappa shape index (κ1) is 13.2. The highest BCUT2D eigenvalue weighted by Gasteiger charge is 2.27. The van der Waals surface area contributed by atoms with Gasteiger partial charge in [0, 0.05) is 29.9 Å². The molecule has 4 N–H and O–H groups in total. The molecule has 0 aliphatic carbocycles. The van der Waals surface area contributed by atoms with Gasteiger partial charge in [-0.15, -0.1) is 0 Å². The zero-order chi connectivity index (χ0) is 14.1. The van der Waals surface area contributed by atoms with E-state index >= 15 is 0 Å². The normalized spacial score (nSPS) is 17.1. The van der Waals surface area contributed by atoms with Crippen LogP contribution in [0, 0.1) is 0 Å². The van der Waals surface area contributed by atoms with E-state index in [1.54, 1.807) is 6.21 Å². The van der Waals surface area contributed by atoms with Crippen molar-refractivity contribution in [1.29, 1.82) is 0 Å². The van der Waals surface area contributed by atoms with Gasteiger partial charge in [0.2, 0.25) is 0 Å². The Morgan fingerprint density at radius 1 is 1.40 bits per heavy atom. The van der Waals surface area contributed by atoms with Gasteiger partial charge in [-0.25, -0.2) is 0 Å². The van der Waals surface area contributed by atoms with Crippen LogP contribution >= 0.6 is 12.2 Å². The van der Waals surface area contributed by atoms with E-state index < -0.39 is 0 Å². The van der Waals surface area contributed by atoms with E-state index in [0.29, 0.717) is 5.75 Å². The average molecular weight is 290 g/mol. The summed E-state index contributed by atoms with van der Waals surface area (Å²) in [6.07, 6.45) is 5.82. The number of benzene rings is 1. The van der Waals surface area contributed by atoms with Crippen LogP contribution in [0.5, 0.6) is 5.75 Å². The predicted molar refractivity (Wildman–Crippen MR) is 84.5 cm³/mol. The lowest BCUT2D eigenvalue weighted by atomic mass is 9.89. The maximum atomic E-state index is 10.5. The molecule has 0 amide bonds. The number of hydrogen-bond donors (Lipinski definition) is 3. The summed E-state index contributed by atoms with van der Waals surface area (Å²) in [5.74, 6) is 0.337. The van der Waals surface area contributed by atoms with Gasteiger partial charge >= 0.3 is 0 Å². The standard InChI is InChI=1S/C14H18N4OS/c15-14(20)17-16-8-10-7-9-3-1-5-18-6-2-4-11(12(9)18)13(10)19/h7-8,19H,1-6H2,(H3,15,17,20)/b16-8+. The second-order valence-corrected chi connectivity index (χ2v) is 5.67. The van der Waals surface area contributed by atoms with Crippen molar-refractivity contribution in [3.05, 3.63) is 22.8 Å². The lowest BCUT2D eigenvalue weighted by Crippen LogP contribution is -2.34. The van der Waals surface area contributed by atoms with Crippen molar-refractivity contribution < 1.29 is 5.11 Å². The fraction of sp³-hybridized carbons (Fsp3) is 0.429. The minimum atomic E-state index is 0.117. The Labute approximate surface area is 123 Å². The number of hydrazone groups is 1. The molecule has 1 aromatic carbocycles. The third-order valence-electron chi connectivity index (χ3n) is 3.90. The molecule has 0 fully saturated rings. The molecule has 0 saturated carbocycles. The Balaban J connectivity index is 2.01. The number of aromatic hydroxyl groups is 1. The molecule has 2 heterocycles. The van der Waals surface area contributed by atoms with Gasteiger partial charge in [0.15, 0.2) is 5.11 Å². The molecule has 6 heteroatoms. The van der Waals surface area contributed by atoms with Gasteiger partial charge in [0.1, 0.15) is 5.75 Å². The molecule has 3 rings (SSSR count). The number of rotatable bonds is 2. The fourth-order valence-corrected chi connectivity index (χ4v) is 3.18. The van der Waals surface area contributed by atoms with Crippen molar-refractivity contribution in [2.24, 2.45) is 10.8 Å². The van der Waals surface area contributed by atoms with E-state index in [9.17, 15) is 5.11 Å². The minimum Gasteiger partial charge on any atom is -0.507 e. The maximum absolute atomic E-state index is 10.5. The first-order chi connectivity index (χ1) is 9.66. The SMILES string of the molecule is NC(=S)N/N=C/c1cc2c3c(c1O)CCCN3CCC2. The lowest BCUT2D eigenvalue weighted by Gasteiger charge is -2.37. The fourth-order valence-electron chi connectivity index (χ4n) is 3.13. The lowest BCUT2D eigenvalue weighted by molar-refractivity contribution is 0.461. The number of aryl methyl sites for hydroxylation is 1. The Morgan fingerprint density at radius 2 is 2.15 bits per heavy atom. The molecule has 20 heavy (non-hydrogen) atoms. The van der Waals surface area contributed by atoms with Gasteiger partial charge in [-0.3, -0.25) is 5.43 Å². The zero-order valence-electron chi connectivity index (χ0n) is 11.2. The van der Waals surface area contributed by atoms with Gasteiger partial charge in [-0.2, -0.15) is 5.10 Å². The summed E-state index contributed by atoms with van der Waals surface area (Å²) in [5.41, 5.74) is 12.2. The molecular weight excluding hydrogens is 272 g/mol. The molecule has 1 aromatic rings. The number of hydrogen-bond acceptors (Lipinski definition) is 4. The average Bonchev–Trinajstić information content (AvgIpc) is 2.44. The summed E-state index contributed by atoms with van der Waals surface area (Å²) in [6, 6.07) is 2.02. The zero-order valence-corrected chi connectivity index (χ0v) is 12.0. The van der Waals surface area contributed by atoms with Crippen molar-refractivity contribution in [3.8, 4) is 5.75 Å². The molecule has 2 aliphatic heterocycles. The number of nitrogens with two attached hydrogens (primary N) is 1. The highest BCUT2D eigenvalue weighted by atomic mass is 32.1. The molecule has 0 spiro atoms. The van der Waals surface area contributed by atoms with E-state index in [1.807, 2.05) is 6.07 Å². The molecule has 5 nitrogen and oxygen atoms in total. The quantitative estimate of drug-likeness (QED) is 0.434. The molecule has 0 atom stereocenters. The van der Waals surface area contributed by atoms with Crippen molar-refractivity contribution in [2.75, 3.05) is 18.0 Å². The summed E-state index contributed by atoms with van der Waals surface area (Å²) in [5, 5.41) is 14.5. The topological polar surface area (TPSA) is 73.9 Å². The van der Waals surface area contributed by atoms with Gasteiger partial charge in [-0.1, -0.05) is 0 Å². The summed E-state index contributed by atoms with van der Waals surface area (Å²) >= 11 is 4.70. The van der Waals surface area contributed by atoms with Crippen LogP contribution in [-0.4, -0.2) is 29.5 Å². The van der Waals surface area contributed by atoms with Crippen molar-refractivity contribution >= 4 is 29.2 Å². The molecule has 0 radical (unpaired) electrons. The van der Waals surface area contributed by atoms with Gasteiger partial charge in [-0.05, 0) is 49.5 Å². The Hall–Kier alpha value is -1.82. The van der Waals surface area contributed by atoms with E-state index in [1.165, 1.54) is 17.7 Å². The van der Waals surface area contributed by atoms with Crippen LogP contribution in [0.3, 0.4) is 0 Å². The number of anilines is 1. The van der Waals surface area contributed by atoms with Gasteiger partial charge in [0.25, 0.3) is 0 Å². The van der Waals surface area contributed by atoms with Crippen LogP contribution in [0.4, 0.5) is 5.69 Å². The largest absolute Gasteiger partial charge is 0.507 e. The van der Waals surface area contributed by atoms with Crippen LogP contribution < -0.4 is 16.1 Å². The van der Waals surface area contributed by atoms with Gasteiger partial charge < -0.3 is 15.7 Å². The number of phenolic OH excluding ortho intramolecular Hbond substituents is 1. The minimum absolute atomic E-state index is 0.117. The predicted octanol–water partition coefficient (Wildman–Crippen LogP) is 1.26. The Bertz CT molecular complexity index is 583. The number of thiocarbonyl (C=S) groups is 1. The molecule has 106 valence electrons. The second-order valence-electron chi connectivity index (χ2n) is 5.23. The van der Waals surface area contributed by atoms with Crippen LogP contribution in [0.1, 0.15) is 29.5 Å². The summed E-state index contributed by atoms with van der Waals surface area (Å²) in [6.45, 7) is 2.19. The third kappa shape index (κ3) is 2.31. The van der Waals surface area contributed by atoms with Crippen molar-refractivity contribution in [2.45, 2.75) is 25.7 Å². The Kier molecular flexibility index (Phi) is 3.48. The molecule has 0 aromatic heterocycles. The highest BCUT2D eigenvalue weighted by Crippen LogP contribution is 2.41. The van der Waals surface area contributed by atoms with E-state index in [0.717, 1.165) is 43.5 Å². The number of nitrogens with one attached hydrogen (secondary N) is 1. The first-order valence-corrected chi connectivity index (χ1v) is 7.29. The summed E-state index contributed by atoms with van der Waals surface area (Å²) in [4.78, 5) is 2.39. The smallest absolute Gasteiger partial charge is 0.184 e. The monoisotopic (exact) mass is 290 g/mol. The molecule has 2 aliphatic rings. The number of nitrogens with zero attached hydrogens (tertiary/aromatic N) is 2. The maximum Gasteiger partial charge on any atom is 0.184 e. The van der Waals surface area contributed by atoms with Crippen LogP contribution in [-0.2, 0) is 12.8 Å². The Morgan fingerprint density at radius 3 is 2.90 bits per heavy atom. The highest BCUT2D eigenvalue weighted by molar-refractivity contribution is 7.80. The van der Waals surface area contributed by atoms with Crippen LogP contribution in [0.15, 0.2) is 11.2 Å². The molecular formula is C14H18N4OS. The molecule has 0 bridgehead atoms. The first-order valence-electron chi connectivity index (χ1n) is 6.88. The van der Waals surface area contributed by atoms with Crippen LogP contribution in [0.25, 0.3) is 0 Å². The van der Waals surface area contributed by atoms with Crippen LogP contribution in [0.2, 0.25) is 0 Å².